The standard InChI is InChI=1S/C22H23F3N2O/c23-22(24,25)21(11-13-26(16-21)14-17-6-2-1-3-7-17)20(28)27-12-10-18-8-4-5-9-19(18)15-27/h1-9H,10-16H2/t21-/m0/s1. The second-order valence-electron chi connectivity index (χ2n) is 7.77. The number of nitrogens with zero attached hydrogens (tertiary/aromatic N) is 2. The molecule has 0 bridgehead atoms. The number of benzene rings is 2. The van der Waals surface area contributed by atoms with E-state index in [0.29, 0.717) is 19.5 Å². The lowest BCUT2D eigenvalue weighted by Gasteiger charge is -2.38. The highest BCUT2D eigenvalue weighted by Gasteiger charge is 2.64. The first kappa shape index (κ1) is 19.0. The van der Waals surface area contributed by atoms with Crippen LogP contribution in [0.2, 0.25) is 0 Å². The van der Waals surface area contributed by atoms with Gasteiger partial charge in [-0.25, -0.2) is 0 Å². The van der Waals surface area contributed by atoms with E-state index < -0.39 is 17.5 Å². The summed E-state index contributed by atoms with van der Waals surface area (Å²) in [6.07, 6.45) is -4.14. The van der Waals surface area contributed by atoms with E-state index in [-0.39, 0.29) is 26.1 Å². The summed E-state index contributed by atoms with van der Waals surface area (Å²) in [5, 5.41) is 0. The van der Waals surface area contributed by atoms with Crippen molar-refractivity contribution < 1.29 is 18.0 Å². The summed E-state index contributed by atoms with van der Waals surface area (Å²) >= 11 is 0. The number of rotatable bonds is 3. The average molecular weight is 388 g/mol. The number of hydrogen-bond acceptors (Lipinski definition) is 2. The van der Waals surface area contributed by atoms with Gasteiger partial charge < -0.3 is 4.90 Å². The molecule has 0 aromatic heterocycles. The highest BCUT2D eigenvalue weighted by Crippen LogP contribution is 2.47. The smallest absolute Gasteiger partial charge is 0.337 e. The maximum Gasteiger partial charge on any atom is 0.404 e. The summed E-state index contributed by atoms with van der Waals surface area (Å²) in [7, 11) is 0. The molecule has 0 saturated carbocycles. The Morgan fingerprint density at radius 2 is 1.64 bits per heavy atom. The second-order valence-corrected chi connectivity index (χ2v) is 7.77. The van der Waals surface area contributed by atoms with Crippen molar-refractivity contribution in [3.63, 3.8) is 0 Å². The van der Waals surface area contributed by atoms with Crippen molar-refractivity contribution >= 4 is 5.91 Å². The SMILES string of the molecule is O=C(N1CCc2ccccc2C1)[C@]1(C(F)(F)F)CCN(Cc2ccccc2)C1. The van der Waals surface area contributed by atoms with Gasteiger partial charge in [0.15, 0.2) is 5.41 Å². The maximum absolute atomic E-state index is 14.2. The molecule has 2 aromatic carbocycles. The van der Waals surface area contributed by atoms with Crippen LogP contribution in [0.1, 0.15) is 23.1 Å². The number of hydrogen-bond donors (Lipinski definition) is 0. The molecule has 2 heterocycles. The molecule has 148 valence electrons. The zero-order valence-electron chi connectivity index (χ0n) is 15.6. The van der Waals surface area contributed by atoms with Crippen LogP contribution in [0.4, 0.5) is 13.2 Å². The van der Waals surface area contributed by atoms with Gasteiger partial charge in [-0.1, -0.05) is 54.6 Å². The number of carbonyl (C=O) groups is 1. The Labute approximate surface area is 162 Å². The van der Waals surface area contributed by atoms with Crippen LogP contribution in [-0.4, -0.2) is 41.5 Å². The summed E-state index contributed by atoms with van der Waals surface area (Å²) in [5.74, 6) is -0.773. The van der Waals surface area contributed by atoms with E-state index in [0.717, 1.165) is 16.7 Å². The van der Waals surface area contributed by atoms with Crippen molar-refractivity contribution in [2.75, 3.05) is 19.6 Å². The number of amides is 1. The summed E-state index contributed by atoms with van der Waals surface area (Å²) < 4.78 is 42.5. The normalized spacial score (nSPS) is 22.9. The Balaban J connectivity index is 1.54. The molecule has 1 saturated heterocycles. The molecular weight excluding hydrogens is 365 g/mol. The Morgan fingerprint density at radius 3 is 2.36 bits per heavy atom. The lowest BCUT2D eigenvalue weighted by molar-refractivity contribution is -0.224. The zero-order valence-corrected chi connectivity index (χ0v) is 15.6. The highest BCUT2D eigenvalue weighted by atomic mass is 19.4. The minimum absolute atomic E-state index is 0.180. The number of likely N-dealkylation sites (tertiary alicyclic amines) is 1. The molecule has 1 fully saturated rings. The van der Waals surface area contributed by atoms with E-state index in [2.05, 4.69) is 0 Å². The van der Waals surface area contributed by atoms with E-state index in [9.17, 15) is 18.0 Å². The van der Waals surface area contributed by atoms with Crippen LogP contribution in [0.3, 0.4) is 0 Å². The summed E-state index contributed by atoms with van der Waals surface area (Å²) in [6.45, 7) is 1.01. The number of fused-ring (bicyclic) bond motifs is 1. The van der Waals surface area contributed by atoms with Gasteiger partial charge in [-0.2, -0.15) is 13.2 Å². The van der Waals surface area contributed by atoms with Crippen molar-refractivity contribution in [1.82, 2.24) is 9.80 Å². The van der Waals surface area contributed by atoms with Crippen molar-refractivity contribution in [2.24, 2.45) is 5.41 Å². The molecule has 2 aromatic rings. The van der Waals surface area contributed by atoms with Crippen molar-refractivity contribution in [3.05, 3.63) is 71.3 Å². The predicted molar refractivity (Wildman–Crippen MR) is 100 cm³/mol. The second kappa shape index (κ2) is 7.24. The summed E-state index contributed by atoms with van der Waals surface area (Å²) in [6, 6.07) is 17.1. The molecule has 2 aliphatic heterocycles. The van der Waals surface area contributed by atoms with Crippen LogP contribution in [-0.2, 0) is 24.3 Å². The van der Waals surface area contributed by atoms with Gasteiger partial charge in [0, 0.05) is 26.2 Å². The van der Waals surface area contributed by atoms with Crippen molar-refractivity contribution in [1.29, 1.82) is 0 Å². The Kier molecular flexibility index (Phi) is 4.91. The molecule has 0 unspecified atom stereocenters. The Morgan fingerprint density at radius 1 is 0.964 bits per heavy atom. The van der Waals surface area contributed by atoms with Crippen LogP contribution in [0.5, 0.6) is 0 Å². The van der Waals surface area contributed by atoms with Gasteiger partial charge in [0.05, 0.1) is 0 Å². The quantitative estimate of drug-likeness (QED) is 0.793. The molecule has 0 N–H and O–H groups in total. The predicted octanol–water partition coefficient (Wildman–Crippen LogP) is 4.03. The molecule has 0 spiro atoms. The molecule has 0 aliphatic carbocycles. The first-order valence-corrected chi connectivity index (χ1v) is 9.58. The first-order chi connectivity index (χ1) is 13.4. The minimum atomic E-state index is -4.56. The number of alkyl halides is 3. The molecule has 1 amide bonds. The van der Waals surface area contributed by atoms with E-state index >= 15 is 0 Å². The molecule has 2 aliphatic rings. The van der Waals surface area contributed by atoms with Crippen LogP contribution >= 0.6 is 0 Å². The van der Waals surface area contributed by atoms with Gasteiger partial charge in [0.25, 0.3) is 0 Å². The van der Waals surface area contributed by atoms with Gasteiger partial charge in [0.1, 0.15) is 0 Å². The lowest BCUT2D eigenvalue weighted by atomic mass is 9.83. The lowest BCUT2D eigenvalue weighted by Crippen LogP contribution is -2.54. The third-order valence-corrected chi connectivity index (χ3v) is 5.97. The zero-order chi connectivity index (χ0) is 19.8. The molecule has 0 radical (unpaired) electrons. The Bertz CT molecular complexity index is 852. The van der Waals surface area contributed by atoms with E-state index in [4.69, 9.17) is 0 Å². The number of carbonyl (C=O) groups excluding carboxylic acids is 1. The van der Waals surface area contributed by atoms with Gasteiger partial charge in [0.2, 0.25) is 5.91 Å². The van der Waals surface area contributed by atoms with Crippen LogP contribution in [0.15, 0.2) is 54.6 Å². The number of halogens is 3. The Hall–Kier alpha value is -2.34. The van der Waals surface area contributed by atoms with Gasteiger partial charge in [-0.05, 0) is 36.1 Å². The maximum atomic E-state index is 14.2. The summed E-state index contributed by atoms with van der Waals surface area (Å²) in [4.78, 5) is 16.3. The van der Waals surface area contributed by atoms with Gasteiger partial charge in [-0.15, -0.1) is 0 Å². The van der Waals surface area contributed by atoms with Gasteiger partial charge in [-0.3, -0.25) is 9.69 Å². The summed E-state index contributed by atoms with van der Waals surface area (Å²) in [5.41, 5.74) is 0.705. The highest BCUT2D eigenvalue weighted by molar-refractivity contribution is 5.84. The largest absolute Gasteiger partial charge is 0.404 e. The molecule has 4 rings (SSSR count). The van der Waals surface area contributed by atoms with Crippen molar-refractivity contribution in [3.8, 4) is 0 Å². The minimum Gasteiger partial charge on any atom is -0.337 e. The fourth-order valence-electron chi connectivity index (χ4n) is 4.36. The first-order valence-electron chi connectivity index (χ1n) is 9.58. The topological polar surface area (TPSA) is 23.6 Å². The molecule has 6 heteroatoms. The molecule has 28 heavy (non-hydrogen) atoms. The fraction of sp³-hybridized carbons (Fsp3) is 0.409. The molecule has 3 nitrogen and oxygen atoms in total. The fourth-order valence-corrected chi connectivity index (χ4v) is 4.36. The van der Waals surface area contributed by atoms with Crippen LogP contribution in [0, 0.1) is 5.41 Å². The average Bonchev–Trinajstić information content (AvgIpc) is 3.13. The van der Waals surface area contributed by atoms with E-state index in [1.807, 2.05) is 54.6 Å². The van der Waals surface area contributed by atoms with Crippen LogP contribution < -0.4 is 0 Å². The molecule has 1 atom stereocenters. The third kappa shape index (κ3) is 3.41. The van der Waals surface area contributed by atoms with E-state index in [1.54, 1.807) is 4.90 Å². The van der Waals surface area contributed by atoms with Crippen LogP contribution in [0.25, 0.3) is 0 Å². The molecular formula is C22H23F3N2O. The monoisotopic (exact) mass is 388 g/mol. The third-order valence-electron chi connectivity index (χ3n) is 5.97. The van der Waals surface area contributed by atoms with Crippen molar-refractivity contribution in [2.45, 2.75) is 32.1 Å². The van der Waals surface area contributed by atoms with E-state index in [1.165, 1.54) is 4.90 Å². The van der Waals surface area contributed by atoms with Gasteiger partial charge >= 0.3 is 6.18 Å².